The number of hydrogen-bond acceptors (Lipinski definition) is 2. The highest BCUT2D eigenvalue weighted by atomic mass is 16.7. The van der Waals surface area contributed by atoms with E-state index in [9.17, 15) is 0 Å². The van der Waals surface area contributed by atoms with Crippen molar-refractivity contribution >= 4 is 10.8 Å². The van der Waals surface area contributed by atoms with E-state index in [0.29, 0.717) is 6.61 Å². The van der Waals surface area contributed by atoms with Gasteiger partial charge in [0.2, 0.25) is 5.79 Å². The molecule has 1 aliphatic heterocycles. The Morgan fingerprint density at radius 1 is 1.24 bits per heavy atom. The molecule has 0 saturated carbocycles. The Kier molecular flexibility index (Phi) is 2.20. The van der Waals surface area contributed by atoms with E-state index in [1.54, 1.807) is 6.08 Å². The van der Waals surface area contributed by atoms with Gasteiger partial charge in [0, 0.05) is 12.5 Å². The molecule has 2 aromatic carbocycles. The highest BCUT2D eigenvalue weighted by Crippen LogP contribution is 2.34. The van der Waals surface area contributed by atoms with E-state index in [2.05, 4.69) is 30.8 Å². The van der Waals surface area contributed by atoms with Crippen molar-refractivity contribution in [2.45, 2.75) is 19.3 Å². The molecular weight excluding hydrogens is 212 g/mol. The second kappa shape index (κ2) is 3.60. The van der Waals surface area contributed by atoms with E-state index >= 15 is 0 Å². The normalized spacial score (nSPS) is 22.9. The summed E-state index contributed by atoms with van der Waals surface area (Å²) in [5.41, 5.74) is 1.09. The van der Waals surface area contributed by atoms with Crippen molar-refractivity contribution in [1.29, 1.82) is 0 Å². The van der Waals surface area contributed by atoms with Crippen LogP contribution in [0, 0.1) is 0 Å². The molecule has 1 atom stereocenters. The highest BCUT2D eigenvalue weighted by molar-refractivity contribution is 5.85. The summed E-state index contributed by atoms with van der Waals surface area (Å²) in [6.45, 7) is 6.17. The van der Waals surface area contributed by atoms with Gasteiger partial charge in [-0.1, -0.05) is 30.8 Å². The van der Waals surface area contributed by atoms with E-state index in [1.807, 2.05) is 19.1 Å². The number of benzene rings is 2. The summed E-state index contributed by atoms with van der Waals surface area (Å²) in [5.74, 6) is 0.174. The van der Waals surface area contributed by atoms with Crippen LogP contribution in [0.5, 0.6) is 5.75 Å². The molecule has 1 unspecified atom stereocenters. The first-order chi connectivity index (χ1) is 8.20. The molecule has 1 aliphatic rings. The third-order valence-electron chi connectivity index (χ3n) is 3.13. The Labute approximate surface area is 100 Å². The Hall–Kier alpha value is -1.80. The molecule has 0 bridgehead atoms. The van der Waals surface area contributed by atoms with E-state index < -0.39 is 5.79 Å². The maximum Gasteiger partial charge on any atom is 0.227 e. The maximum atomic E-state index is 5.84. The lowest BCUT2D eigenvalue weighted by Gasteiger charge is -2.33. The molecule has 3 rings (SSSR count). The molecule has 2 aromatic rings. The van der Waals surface area contributed by atoms with Crippen molar-refractivity contribution < 1.29 is 9.47 Å². The van der Waals surface area contributed by atoms with Crippen molar-refractivity contribution in [2.24, 2.45) is 0 Å². The summed E-state index contributed by atoms with van der Waals surface area (Å²) in [5, 5.41) is 2.39. The van der Waals surface area contributed by atoms with Gasteiger partial charge >= 0.3 is 0 Å². The summed E-state index contributed by atoms with van der Waals surface area (Å²) in [6.07, 6.45) is 1.69. The topological polar surface area (TPSA) is 18.5 Å². The molecular formula is C15H14O2. The first-order valence-electron chi connectivity index (χ1n) is 5.68. The van der Waals surface area contributed by atoms with Gasteiger partial charge in [0.25, 0.3) is 0 Å². The van der Waals surface area contributed by atoms with Gasteiger partial charge in [-0.25, -0.2) is 0 Å². The van der Waals surface area contributed by atoms with Gasteiger partial charge in [-0.2, -0.15) is 0 Å². The molecule has 86 valence electrons. The minimum atomic E-state index is -0.713. The molecule has 0 aromatic heterocycles. The molecule has 0 radical (unpaired) electrons. The van der Waals surface area contributed by atoms with E-state index in [-0.39, 0.29) is 0 Å². The molecule has 0 amide bonds. The zero-order valence-corrected chi connectivity index (χ0v) is 9.77. The van der Waals surface area contributed by atoms with Gasteiger partial charge in [0.1, 0.15) is 5.75 Å². The second-order valence-corrected chi connectivity index (χ2v) is 4.42. The molecule has 0 N–H and O–H groups in total. The van der Waals surface area contributed by atoms with Crippen LogP contribution >= 0.6 is 0 Å². The standard InChI is InChI=1S/C15H14O2/c1-3-15(2)16-10-13-8-11-6-4-5-7-12(11)9-14(13)17-15/h3-9H,1,10H2,2H3. The van der Waals surface area contributed by atoms with E-state index in [1.165, 1.54) is 10.8 Å². The first-order valence-corrected chi connectivity index (χ1v) is 5.68. The minimum Gasteiger partial charge on any atom is -0.459 e. The summed E-state index contributed by atoms with van der Waals surface area (Å²) in [7, 11) is 0. The van der Waals surface area contributed by atoms with Crippen LogP contribution in [0.4, 0.5) is 0 Å². The molecule has 1 heterocycles. The molecule has 17 heavy (non-hydrogen) atoms. The van der Waals surface area contributed by atoms with Gasteiger partial charge in [-0.05, 0) is 29.0 Å². The molecule has 2 nitrogen and oxygen atoms in total. The fourth-order valence-electron chi connectivity index (χ4n) is 2.04. The predicted octanol–water partition coefficient (Wildman–Crippen LogP) is 3.65. The molecule has 0 saturated heterocycles. The molecule has 2 heteroatoms. The largest absolute Gasteiger partial charge is 0.459 e. The zero-order valence-electron chi connectivity index (χ0n) is 9.77. The third kappa shape index (κ3) is 1.71. The van der Waals surface area contributed by atoms with Crippen molar-refractivity contribution in [3.63, 3.8) is 0 Å². The van der Waals surface area contributed by atoms with Gasteiger partial charge in [0.15, 0.2) is 0 Å². The van der Waals surface area contributed by atoms with Crippen molar-refractivity contribution in [2.75, 3.05) is 0 Å². The first kappa shape index (κ1) is 10.4. The smallest absolute Gasteiger partial charge is 0.227 e. The Bertz CT molecular complexity index is 588. The highest BCUT2D eigenvalue weighted by Gasteiger charge is 2.29. The fraction of sp³-hybridized carbons (Fsp3) is 0.200. The quantitative estimate of drug-likeness (QED) is 0.691. The Balaban J connectivity index is 2.14. The second-order valence-electron chi connectivity index (χ2n) is 4.42. The third-order valence-corrected chi connectivity index (χ3v) is 3.13. The summed E-state index contributed by atoms with van der Waals surface area (Å²) in [6, 6.07) is 12.4. The molecule has 0 spiro atoms. The molecule has 0 aliphatic carbocycles. The van der Waals surface area contributed by atoms with Crippen LogP contribution in [0.25, 0.3) is 10.8 Å². The van der Waals surface area contributed by atoms with Crippen LogP contribution in [0.3, 0.4) is 0 Å². The van der Waals surface area contributed by atoms with Crippen LogP contribution in [0.15, 0.2) is 49.1 Å². The lowest BCUT2D eigenvalue weighted by atomic mass is 10.1. The van der Waals surface area contributed by atoms with Crippen molar-refractivity contribution in [3.05, 3.63) is 54.6 Å². The van der Waals surface area contributed by atoms with Crippen LogP contribution in [-0.4, -0.2) is 5.79 Å². The summed E-state index contributed by atoms with van der Waals surface area (Å²) < 4.78 is 11.5. The van der Waals surface area contributed by atoms with E-state index in [4.69, 9.17) is 9.47 Å². The summed E-state index contributed by atoms with van der Waals surface area (Å²) >= 11 is 0. The fourth-order valence-corrected chi connectivity index (χ4v) is 2.04. The predicted molar refractivity (Wildman–Crippen MR) is 68.0 cm³/mol. The van der Waals surface area contributed by atoms with Crippen LogP contribution in [0.1, 0.15) is 12.5 Å². The van der Waals surface area contributed by atoms with Gasteiger partial charge in [0.05, 0.1) is 6.61 Å². The van der Waals surface area contributed by atoms with Crippen LogP contribution in [-0.2, 0) is 11.3 Å². The van der Waals surface area contributed by atoms with Crippen molar-refractivity contribution in [1.82, 2.24) is 0 Å². The summed E-state index contributed by atoms with van der Waals surface area (Å²) in [4.78, 5) is 0. The van der Waals surface area contributed by atoms with Gasteiger partial charge < -0.3 is 9.47 Å². The lowest BCUT2D eigenvalue weighted by molar-refractivity contribution is -0.157. The van der Waals surface area contributed by atoms with Gasteiger partial charge in [-0.3, -0.25) is 0 Å². The van der Waals surface area contributed by atoms with Gasteiger partial charge in [-0.15, -0.1) is 0 Å². The molecule has 0 fully saturated rings. The number of fused-ring (bicyclic) bond motifs is 2. The zero-order chi connectivity index (χ0) is 11.9. The minimum absolute atomic E-state index is 0.558. The maximum absolute atomic E-state index is 5.84. The Morgan fingerprint density at radius 3 is 2.65 bits per heavy atom. The number of ether oxygens (including phenoxy) is 2. The Morgan fingerprint density at radius 2 is 1.94 bits per heavy atom. The average Bonchev–Trinajstić information content (AvgIpc) is 2.36. The van der Waals surface area contributed by atoms with Crippen LogP contribution in [0.2, 0.25) is 0 Å². The lowest BCUT2D eigenvalue weighted by Crippen LogP contribution is -2.36. The SMILES string of the molecule is C=CC1(C)OCc2cc3ccccc3cc2O1. The number of hydrogen-bond donors (Lipinski definition) is 0. The van der Waals surface area contributed by atoms with Crippen molar-refractivity contribution in [3.8, 4) is 5.75 Å². The monoisotopic (exact) mass is 226 g/mol. The van der Waals surface area contributed by atoms with Crippen LogP contribution < -0.4 is 4.74 Å². The van der Waals surface area contributed by atoms with E-state index in [0.717, 1.165) is 11.3 Å². The number of rotatable bonds is 1. The average molecular weight is 226 g/mol.